The number of aromatic nitrogens is 4. The predicted molar refractivity (Wildman–Crippen MR) is 113 cm³/mol. The summed E-state index contributed by atoms with van der Waals surface area (Å²) in [5.74, 6) is 0. The van der Waals surface area contributed by atoms with Gasteiger partial charge in [-0.25, -0.2) is 13.7 Å². The first-order valence-electron chi connectivity index (χ1n) is 10.5. The molecule has 0 fully saturated rings. The number of fused-ring (bicyclic) bond motifs is 1. The molecule has 4 nitrogen and oxygen atoms in total. The highest BCUT2D eigenvalue weighted by Crippen LogP contribution is 2.19. The highest BCUT2D eigenvalue weighted by molar-refractivity contribution is 5.74. The van der Waals surface area contributed by atoms with E-state index in [1.807, 2.05) is 0 Å². The molecule has 0 aliphatic heterocycles. The van der Waals surface area contributed by atoms with Gasteiger partial charge in [-0.1, -0.05) is 44.9 Å². The summed E-state index contributed by atoms with van der Waals surface area (Å²) in [5.41, 5.74) is 4.92. The molecule has 0 saturated carbocycles. The maximum atomic E-state index is 2.37. The van der Waals surface area contributed by atoms with E-state index in [0.717, 1.165) is 13.1 Å². The van der Waals surface area contributed by atoms with Crippen molar-refractivity contribution in [1.82, 2.24) is 9.13 Å². The number of unbranched alkanes of at least 4 members (excludes halogenated alkanes) is 2. The third kappa shape index (κ3) is 5.05. The van der Waals surface area contributed by atoms with Crippen molar-refractivity contribution >= 4 is 11.0 Å². The molecule has 0 spiro atoms. The largest absolute Gasteiger partial charge is 1.00 e. The Hall–Kier alpha value is -2.30. The number of nitrogens with zero attached hydrogens (tertiary/aromatic N) is 4. The average Bonchev–Trinajstić information content (AvgIpc) is 3.36. The van der Waals surface area contributed by atoms with Gasteiger partial charge in [-0.3, -0.25) is 0 Å². The van der Waals surface area contributed by atoms with Crippen LogP contribution in [0.25, 0.3) is 22.4 Å². The van der Waals surface area contributed by atoms with E-state index < -0.39 is 0 Å². The third-order valence-electron chi connectivity index (χ3n) is 5.33. The average molecular weight is 445 g/mol. The molecule has 30 heavy (non-hydrogen) atoms. The Balaban J connectivity index is 0.00000160. The molecule has 0 unspecified atom stereocenters. The van der Waals surface area contributed by atoms with Crippen LogP contribution in [0.15, 0.2) is 73.6 Å². The number of hydrogen-bond acceptors (Lipinski definition) is 0. The van der Waals surface area contributed by atoms with Crippen molar-refractivity contribution in [3.63, 3.8) is 0 Å². The molecule has 0 atom stereocenters. The van der Waals surface area contributed by atoms with Crippen molar-refractivity contribution in [2.75, 3.05) is 0 Å². The molecule has 4 aromatic rings. The lowest BCUT2D eigenvalue weighted by atomic mass is 10.2. The second-order valence-electron chi connectivity index (χ2n) is 7.45. The van der Waals surface area contributed by atoms with Crippen molar-refractivity contribution in [3.05, 3.63) is 73.6 Å². The molecule has 0 aliphatic rings. The maximum absolute atomic E-state index is 2.37. The van der Waals surface area contributed by atoms with Gasteiger partial charge in [0.05, 0.1) is 13.1 Å². The molecule has 2 heterocycles. The van der Waals surface area contributed by atoms with Crippen LogP contribution in [0.3, 0.4) is 0 Å². The van der Waals surface area contributed by atoms with E-state index in [1.165, 1.54) is 48.1 Å². The zero-order valence-corrected chi connectivity index (χ0v) is 19.2. The highest BCUT2D eigenvalue weighted by Gasteiger charge is 2.17. The minimum atomic E-state index is 0. The zero-order chi connectivity index (χ0) is 19.3. The summed E-state index contributed by atoms with van der Waals surface area (Å²) in [6, 6.07) is 17.4. The first-order chi connectivity index (χ1) is 13.8. The lowest BCUT2D eigenvalue weighted by molar-refractivity contribution is -0.696. The highest BCUT2D eigenvalue weighted by atomic mass is 35.5. The van der Waals surface area contributed by atoms with Crippen molar-refractivity contribution in [2.45, 2.75) is 52.6 Å². The van der Waals surface area contributed by atoms with Crippen LogP contribution in [0.5, 0.6) is 0 Å². The van der Waals surface area contributed by atoms with E-state index in [0.29, 0.717) is 0 Å². The number of imidazole rings is 2. The standard InChI is InChI=1S/C24H30N4.2ClH/c1-3-5-14-25-16-17-26(19-25)21-10-9-11-22(18-21)28-20-27(15-6-4-2)23-12-7-8-13-24(23)28;;/h7-13,16-20H,3-6,14-15H2,1-2H3;2*1H/q+2;;/p-2. The summed E-state index contributed by atoms with van der Waals surface area (Å²) in [4.78, 5) is 0. The second-order valence-corrected chi connectivity index (χ2v) is 7.45. The Morgan fingerprint density at radius 3 is 2.33 bits per heavy atom. The maximum Gasteiger partial charge on any atom is 0.249 e. The van der Waals surface area contributed by atoms with Crippen LogP contribution in [0.1, 0.15) is 39.5 Å². The number of halogens is 2. The van der Waals surface area contributed by atoms with Crippen molar-refractivity contribution < 1.29 is 33.9 Å². The lowest BCUT2D eigenvalue weighted by Crippen LogP contribution is -3.00. The Kier molecular flexibility index (Phi) is 8.94. The molecule has 6 heteroatoms. The number of benzene rings is 2. The summed E-state index contributed by atoms with van der Waals surface area (Å²) < 4.78 is 9.15. The fourth-order valence-electron chi connectivity index (χ4n) is 3.71. The molecular formula is C24H30Cl2N4. The van der Waals surface area contributed by atoms with Crippen molar-refractivity contribution in [1.29, 1.82) is 0 Å². The topological polar surface area (TPSA) is 17.6 Å². The number of rotatable bonds is 8. The van der Waals surface area contributed by atoms with Gasteiger partial charge in [0.2, 0.25) is 12.7 Å². The fourth-order valence-corrected chi connectivity index (χ4v) is 3.71. The van der Waals surface area contributed by atoms with E-state index in [2.05, 4.69) is 106 Å². The van der Waals surface area contributed by atoms with Crippen LogP contribution in [-0.4, -0.2) is 9.13 Å². The van der Waals surface area contributed by atoms with Crippen molar-refractivity contribution in [3.8, 4) is 11.4 Å². The summed E-state index contributed by atoms with van der Waals surface area (Å²) >= 11 is 0. The van der Waals surface area contributed by atoms with E-state index in [1.54, 1.807) is 0 Å². The number of aryl methyl sites for hydroxylation is 2. The van der Waals surface area contributed by atoms with Gasteiger partial charge in [0.1, 0.15) is 23.8 Å². The van der Waals surface area contributed by atoms with Gasteiger partial charge in [-0.05, 0) is 37.1 Å². The normalized spacial score (nSPS) is 10.6. The van der Waals surface area contributed by atoms with E-state index in [9.17, 15) is 0 Å². The van der Waals surface area contributed by atoms with Crippen molar-refractivity contribution in [2.24, 2.45) is 0 Å². The number of para-hydroxylation sites is 2. The Bertz CT molecular complexity index is 1070. The Morgan fingerprint density at radius 2 is 1.53 bits per heavy atom. The Labute approximate surface area is 191 Å². The molecule has 0 saturated heterocycles. The first kappa shape index (κ1) is 24.0. The van der Waals surface area contributed by atoms with Crippen LogP contribution in [0, 0.1) is 0 Å². The van der Waals surface area contributed by atoms with E-state index in [-0.39, 0.29) is 24.8 Å². The van der Waals surface area contributed by atoms with Crippen LogP contribution in [-0.2, 0) is 13.1 Å². The van der Waals surface area contributed by atoms with Gasteiger partial charge in [0.25, 0.3) is 0 Å². The van der Waals surface area contributed by atoms with E-state index in [4.69, 9.17) is 0 Å². The summed E-state index contributed by atoms with van der Waals surface area (Å²) in [5, 5.41) is 0. The predicted octanol–water partition coefficient (Wildman–Crippen LogP) is -1.40. The third-order valence-corrected chi connectivity index (χ3v) is 5.33. The second kappa shape index (κ2) is 11.2. The first-order valence-corrected chi connectivity index (χ1v) is 10.5. The lowest BCUT2D eigenvalue weighted by Gasteiger charge is -2.00. The van der Waals surface area contributed by atoms with Gasteiger partial charge in [0.15, 0.2) is 11.0 Å². The molecule has 0 amide bonds. The van der Waals surface area contributed by atoms with Gasteiger partial charge < -0.3 is 24.8 Å². The van der Waals surface area contributed by atoms with Gasteiger partial charge in [-0.15, -0.1) is 0 Å². The molecule has 0 aliphatic carbocycles. The van der Waals surface area contributed by atoms with E-state index >= 15 is 0 Å². The van der Waals surface area contributed by atoms with Gasteiger partial charge in [-0.2, -0.15) is 4.57 Å². The molecule has 160 valence electrons. The molecule has 4 rings (SSSR count). The molecular weight excluding hydrogens is 415 g/mol. The Morgan fingerprint density at radius 1 is 0.800 bits per heavy atom. The van der Waals surface area contributed by atoms with Crippen LogP contribution >= 0.6 is 0 Å². The van der Waals surface area contributed by atoms with Gasteiger partial charge in [0, 0.05) is 6.07 Å². The smallest absolute Gasteiger partial charge is 0.249 e. The van der Waals surface area contributed by atoms with Crippen LogP contribution < -0.4 is 33.9 Å². The zero-order valence-electron chi connectivity index (χ0n) is 17.7. The molecule has 0 bridgehead atoms. The monoisotopic (exact) mass is 444 g/mol. The van der Waals surface area contributed by atoms with Crippen LogP contribution in [0.2, 0.25) is 0 Å². The minimum Gasteiger partial charge on any atom is -1.00 e. The number of hydrogen-bond donors (Lipinski definition) is 0. The minimum absolute atomic E-state index is 0. The molecule has 2 aromatic carbocycles. The summed E-state index contributed by atoms with van der Waals surface area (Å²) in [6.45, 7) is 6.60. The van der Waals surface area contributed by atoms with Crippen LogP contribution in [0.4, 0.5) is 0 Å². The SMILES string of the molecule is CCCC[n+]1ccn(-c2cccc(-n3c[n+](CCCC)c4ccccc43)c2)c1.[Cl-].[Cl-]. The quantitative estimate of drug-likeness (QED) is 0.297. The summed E-state index contributed by atoms with van der Waals surface area (Å²) in [7, 11) is 0. The molecule has 0 radical (unpaired) electrons. The fraction of sp³-hybridized carbons (Fsp3) is 0.333. The molecule has 2 aromatic heterocycles. The summed E-state index contributed by atoms with van der Waals surface area (Å²) in [6.07, 6.45) is 13.6. The van der Waals surface area contributed by atoms with Gasteiger partial charge >= 0.3 is 0 Å². The molecule has 0 N–H and O–H groups in total.